The Morgan fingerprint density at radius 2 is 1.94 bits per heavy atom. The van der Waals surface area contributed by atoms with E-state index in [-0.39, 0.29) is 0 Å². The largest absolute Gasteiger partial charge is 0.380 e. The average Bonchev–Trinajstić information content (AvgIpc) is 3.18. The van der Waals surface area contributed by atoms with E-state index in [9.17, 15) is 0 Å². The van der Waals surface area contributed by atoms with Gasteiger partial charge in [0.25, 0.3) is 0 Å². The molecule has 98 valence electrons. The van der Waals surface area contributed by atoms with Crippen molar-refractivity contribution < 1.29 is 4.74 Å². The molecular weight excluding hydrogens is 212 g/mol. The summed E-state index contributed by atoms with van der Waals surface area (Å²) in [6.45, 7) is 5.77. The van der Waals surface area contributed by atoms with Crippen LogP contribution >= 0.6 is 0 Å². The highest BCUT2D eigenvalue weighted by Crippen LogP contribution is 2.39. The van der Waals surface area contributed by atoms with Crippen molar-refractivity contribution in [2.45, 2.75) is 50.8 Å². The number of ether oxygens (including phenoxy) is 1. The van der Waals surface area contributed by atoms with Crippen molar-refractivity contribution in [2.24, 2.45) is 11.8 Å². The summed E-state index contributed by atoms with van der Waals surface area (Å²) in [7, 11) is 1.83. The quantitative estimate of drug-likeness (QED) is 0.785. The monoisotopic (exact) mass is 238 g/mol. The minimum Gasteiger partial charge on any atom is -0.380 e. The number of hydrogen-bond donors (Lipinski definition) is 1. The van der Waals surface area contributed by atoms with Crippen LogP contribution in [0.25, 0.3) is 0 Å². The van der Waals surface area contributed by atoms with Gasteiger partial charge in [0, 0.05) is 38.8 Å². The Labute approximate surface area is 105 Å². The average molecular weight is 238 g/mol. The highest BCUT2D eigenvalue weighted by atomic mass is 16.5. The molecule has 0 amide bonds. The molecule has 3 atom stereocenters. The molecule has 0 aromatic carbocycles. The van der Waals surface area contributed by atoms with Crippen molar-refractivity contribution in [1.82, 2.24) is 10.2 Å². The van der Waals surface area contributed by atoms with Crippen LogP contribution < -0.4 is 5.32 Å². The van der Waals surface area contributed by atoms with Crippen LogP contribution in [-0.2, 0) is 4.74 Å². The van der Waals surface area contributed by atoms with E-state index >= 15 is 0 Å². The van der Waals surface area contributed by atoms with Crippen LogP contribution in [0.4, 0.5) is 0 Å². The molecule has 0 bridgehead atoms. The van der Waals surface area contributed by atoms with Crippen molar-refractivity contribution in [3.63, 3.8) is 0 Å². The molecule has 3 nitrogen and oxygen atoms in total. The molecule has 3 aliphatic rings. The maximum absolute atomic E-state index is 5.45. The van der Waals surface area contributed by atoms with Crippen LogP contribution in [0.2, 0.25) is 0 Å². The number of piperazine rings is 1. The van der Waals surface area contributed by atoms with E-state index in [2.05, 4.69) is 17.1 Å². The van der Waals surface area contributed by atoms with Crippen molar-refractivity contribution in [3.8, 4) is 0 Å². The normalized spacial score (nSPS) is 37.1. The van der Waals surface area contributed by atoms with Gasteiger partial charge in [-0.3, -0.25) is 4.90 Å². The predicted molar refractivity (Wildman–Crippen MR) is 69.1 cm³/mol. The molecule has 2 aliphatic carbocycles. The molecular formula is C14H26N2O. The van der Waals surface area contributed by atoms with Crippen molar-refractivity contribution in [1.29, 1.82) is 0 Å². The summed E-state index contributed by atoms with van der Waals surface area (Å²) in [5, 5.41) is 3.79. The molecule has 3 unspecified atom stereocenters. The highest BCUT2D eigenvalue weighted by molar-refractivity contribution is 4.99. The van der Waals surface area contributed by atoms with Crippen LogP contribution in [0.1, 0.15) is 32.6 Å². The Bertz CT molecular complexity index is 263. The van der Waals surface area contributed by atoms with Gasteiger partial charge in [-0.15, -0.1) is 0 Å². The Morgan fingerprint density at radius 3 is 2.53 bits per heavy atom. The summed E-state index contributed by atoms with van der Waals surface area (Å²) < 4.78 is 5.45. The number of hydrogen-bond acceptors (Lipinski definition) is 3. The fraction of sp³-hybridized carbons (Fsp3) is 1.00. The first kappa shape index (κ1) is 11.9. The lowest BCUT2D eigenvalue weighted by Gasteiger charge is -2.42. The van der Waals surface area contributed by atoms with E-state index in [1.165, 1.54) is 38.8 Å². The molecule has 2 saturated carbocycles. The summed E-state index contributed by atoms with van der Waals surface area (Å²) in [5.74, 6) is 1.93. The summed E-state index contributed by atoms with van der Waals surface area (Å²) in [4.78, 5) is 2.71. The van der Waals surface area contributed by atoms with Crippen LogP contribution in [-0.4, -0.2) is 49.8 Å². The molecule has 0 radical (unpaired) electrons. The Kier molecular flexibility index (Phi) is 3.42. The summed E-state index contributed by atoms with van der Waals surface area (Å²) in [6.07, 6.45) is 6.14. The molecule has 3 heteroatoms. The minimum atomic E-state index is 0.370. The number of nitrogens with one attached hydrogen (secondary N) is 1. The second kappa shape index (κ2) is 4.87. The SMILES string of the molecule is COC(C)CN1CC(C2CC2)NCC1C1CC1. The van der Waals surface area contributed by atoms with Gasteiger partial charge in [0.15, 0.2) is 0 Å². The van der Waals surface area contributed by atoms with Crippen LogP contribution in [0, 0.1) is 11.8 Å². The van der Waals surface area contributed by atoms with Gasteiger partial charge in [-0.05, 0) is 44.4 Å². The third kappa shape index (κ3) is 2.83. The van der Waals surface area contributed by atoms with Crippen molar-refractivity contribution in [3.05, 3.63) is 0 Å². The Hall–Kier alpha value is -0.120. The van der Waals surface area contributed by atoms with Crippen molar-refractivity contribution >= 4 is 0 Å². The van der Waals surface area contributed by atoms with Gasteiger partial charge in [0.2, 0.25) is 0 Å². The van der Waals surface area contributed by atoms with E-state index in [0.717, 1.165) is 30.5 Å². The van der Waals surface area contributed by atoms with Gasteiger partial charge >= 0.3 is 0 Å². The lowest BCUT2D eigenvalue weighted by Crippen LogP contribution is -2.59. The molecule has 1 N–H and O–H groups in total. The van der Waals surface area contributed by atoms with Crippen LogP contribution in [0.3, 0.4) is 0 Å². The fourth-order valence-corrected chi connectivity index (χ4v) is 3.23. The van der Waals surface area contributed by atoms with E-state index in [4.69, 9.17) is 4.74 Å². The topological polar surface area (TPSA) is 24.5 Å². The first-order valence-electron chi connectivity index (χ1n) is 7.28. The fourth-order valence-electron chi connectivity index (χ4n) is 3.23. The molecule has 0 spiro atoms. The third-order valence-corrected chi connectivity index (χ3v) is 4.74. The second-order valence-corrected chi connectivity index (χ2v) is 6.26. The molecule has 1 saturated heterocycles. The number of rotatable bonds is 5. The molecule has 0 aromatic rings. The van der Waals surface area contributed by atoms with Gasteiger partial charge in [-0.2, -0.15) is 0 Å². The lowest BCUT2D eigenvalue weighted by molar-refractivity contribution is 0.0326. The summed E-state index contributed by atoms with van der Waals surface area (Å²) in [5.41, 5.74) is 0. The van der Waals surface area contributed by atoms with Crippen LogP contribution in [0.15, 0.2) is 0 Å². The zero-order chi connectivity index (χ0) is 11.8. The zero-order valence-corrected chi connectivity index (χ0v) is 11.2. The van der Waals surface area contributed by atoms with E-state index in [0.29, 0.717) is 6.10 Å². The van der Waals surface area contributed by atoms with Gasteiger partial charge in [-0.25, -0.2) is 0 Å². The third-order valence-electron chi connectivity index (χ3n) is 4.74. The maximum Gasteiger partial charge on any atom is 0.0670 e. The summed E-state index contributed by atoms with van der Waals surface area (Å²) in [6, 6.07) is 1.54. The predicted octanol–water partition coefficient (Wildman–Crippen LogP) is 1.48. The molecule has 1 heterocycles. The van der Waals surface area contributed by atoms with Gasteiger partial charge in [-0.1, -0.05) is 0 Å². The van der Waals surface area contributed by atoms with E-state index in [1.807, 2.05) is 7.11 Å². The lowest BCUT2D eigenvalue weighted by atomic mass is 10.0. The first-order chi connectivity index (χ1) is 8.28. The van der Waals surface area contributed by atoms with Gasteiger partial charge in [0.1, 0.15) is 0 Å². The minimum absolute atomic E-state index is 0.370. The Morgan fingerprint density at radius 1 is 1.24 bits per heavy atom. The van der Waals surface area contributed by atoms with Gasteiger partial charge < -0.3 is 10.1 Å². The second-order valence-electron chi connectivity index (χ2n) is 6.26. The number of nitrogens with zero attached hydrogens (tertiary/aromatic N) is 1. The summed E-state index contributed by atoms with van der Waals surface area (Å²) >= 11 is 0. The van der Waals surface area contributed by atoms with E-state index < -0.39 is 0 Å². The molecule has 17 heavy (non-hydrogen) atoms. The highest BCUT2D eigenvalue weighted by Gasteiger charge is 2.42. The maximum atomic E-state index is 5.45. The van der Waals surface area contributed by atoms with E-state index in [1.54, 1.807) is 0 Å². The molecule has 3 rings (SSSR count). The molecule has 0 aromatic heterocycles. The number of methoxy groups -OCH3 is 1. The Balaban J connectivity index is 1.60. The van der Waals surface area contributed by atoms with Crippen molar-refractivity contribution in [2.75, 3.05) is 26.7 Å². The molecule has 3 fully saturated rings. The van der Waals surface area contributed by atoms with Crippen LogP contribution in [0.5, 0.6) is 0 Å². The standard InChI is InChI=1S/C14H26N2O/c1-10(17-2)8-16-9-13(11-3-4-11)15-7-14(16)12-5-6-12/h10-15H,3-9H2,1-2H3. The van der Waals surface area contributed by atoms with Gasteiger partial charge in [0.05, 0.1) is 6.10 Å². The molecule has 1 aliphatic heterocycles. The zero-order valence-electron chi connectivity index (χ0n) is 11.2. The first-order valence-corrected chi connectivity index (χ1v) is 7.28. The smallest absolute Gasteiger partial charge is 0.0670 e.